The monoisotopic (exact) mass is 378 g/mol. The number of ether oxygens (including phenoxy) is 1. The number of benzene rings is 2. The number of rotatable bonds is 4. The number of aryl methyl sites for hydroxylation is 1. The summed E-state index contributed by atoms with van der Waals surface area (Å²) in [5, 5.41) is 0. The molecule has 1 atom stereocenters. The summed E-state index contributed by atoms with van der Waals surface area (Å²) in [7, 11) is -2.95. The van der Waals surface area contributed by atoms with Crippen LogP contribution in [0, 0.1) is 5.82 Å². The molecule has 0 aromatic heterocycles. The van der Waals surface area contributed by atoms with Crippen molar-refractivity contribution in [3.05, 3.63) is 58.9 Å². The largest absolute Gasteiger partial charge is 0.465 e. The molecule has 0 fully saturated rings. The SMILES string of the molecule is COC(=O)c1cc(F)ccc1S(=O)(=O)NC1CCCc2cc(N)ccc21. The maximum Gasteiger partial charge on any atom is 0.339 e. The molecule has 0 heterocycles. The third kappa shape index (κ3) is 3.56. The first kappa shape index (κ1) is 18.3. The van der Waals surface area contributed by atoms with E-state index in [1.54, 1.807) is 6.07 Å². The van der Waals surface area contributed by atoms with Crippen molar-refractivity contribution in [2.75, 3.05) is 12.8 Å². The second-order valence-corrected chi connectivity index (χ2v) is 7.84. The number of carbonyl (C=O) groups excluding carboxylic acids is 1. The van der Waals surface area contributed by atoms with Crippen LogP contribution in [0.25, 0.3) is 0 Å². The van der Waals surface area contributed by atoms with Gasteiger partial charge in [-0.1, -0.05) is 6.07 Å². The normalized spacial score (nSPS) is 16.8. The Morgan fingerprint density at radius 1 is 1.27 bits per heavy atom. The van der Waals surface area contributed by atoms with Crippen molar-refractivity contribution in [1.82, 2.24) is 4.72 Å². The number of nitrogens with one attached hydrogen (secondary N) is 1. The van der Waals surface area contributed by atoms with E-state index in [1.807, 2.05) is 12.1 Å². The van der Waals surface area contributed by atoms with Crippen LogP contribution in [-0.2, 0) is 21.2 Å². The van der Waals surface area contributed by atoms with Gasteiger partial charge in [0.25, 0.3) is 0 Å². The van der Waals surface area contributed by atoms with Crippen LogP contribution in [0.1, 0.15) is 40.4 Å². The Morgan fingerprint density at radius 3 is 2.77 bits per heavy atom. The third-order valence-electron chi connectivity index (χ3n) is 4.42. The Balaban J connectivity index is 1.98. The lowest BCUT2D eigenvalue weighted by molar-refractivity contribution is 0.0595. The maximum absolute atomic E-state index is 13.5. The standard InChI is InChI=1S/C18H19FN2O4S/c1-25-18(22)15-10-12(19)5-8-17(15)26(23,24)21-16-4-2-3-11-9-13(20)6-7-14(11)16/h5-10,16,21H,2-4,20H2,1H3. The van der Waals surface area contributed by atoms with Gasteiger partial charge in [-0.25, -0.2) is 22.3 Å². The van der Waals surface area contributed by atoms with Crippen LogP contribution in [-0.4, -0.2) is 21.5 Å². The number of methoxy groups -OCH3 is 1. The van der Waals surface area contributed by atoms with E-state index in [4.69, 9.17) is 5.73 Å². The van der Waals surface area contributed by atoms with Crippen LogP contribution in [0.2, 0.25) is 0 Å². The molecule has 0 radical (unpaired) electrons. The second kappa shape index (κ2) is 7.05. The van der Waals surface area contributed by atoms with E-state index in [9.17, 15) is 17.6 Å². The number of esters is 1. The number of nitrogen functional groups attached to an aromatic ring is 1. The minimum absolute atomic E-state index is 0.312. The predicted octanol–water partition coefficient (Wildman–Crippen LogP) is 2.55. The number of hydrogen-bond acceptors (Lipinski definition) is 5. The highest BCUT2D eigenvalue weighted by molar-refractivity contribution is 7.89. The van der Waals surface area contributed by atoms with E-state index in [-0.39, 0.29) is 10.5 Å². The third-order valence-corrected chi connectivity index (χ3v) is 5.95. The van der Waals surface area contributed by atoms with Gasteiger partial charge in [0.1, 0.15) is 5.82 Å². The molecule has 3 rings (SSSR count). The molecule has 2 aromatic rings. The molecular formula is C18H19FN2O4S. The van der Waals surface area contributed by atoms with Crippen LogP contribution in [0.3, 0.4) is 0 Å². The topological polar surface area (TPSA) is 98.5 Å². The zero-order valence-electron chi connectivity index (χ0n) is 14.2. The molecule has 8 heteroatoms. The zero-order valence-corrected chi connectivity index (χ0v) is 15.0. The van der Waals surface area contributed by atoms with E-state index >= 15 is 0 Å². The van der Waals surface area contributed by atoms with Gasteiger partial charge in [0.05, 0.1) is 17.6 Å². The molecule has 6 nitrogen and oxygen atoms in total. The van der Waals surface area contributed by atoms with Crippen LogP contribution >= 0.6 is 0 Å². The van der Waals surface area contributed by atoms with Crippen molar-refractivity contribution in [3.63, 3.8) is 0 Å². The summed E-state index contributed by atoms with van der Waals surface area (Å²) in [5.41, 5.74) is 7.94. The molecule has 3 N–H and O–H groups in total. The van der Waals surface area contributed by atoms with Gasteiger partial charge in [0.2, 0.25) is 10.0 Å². The first-order valence-electron chi connectivity index (χ1n) is 8.10. The average Bonchev–Trinajstić information content (AvgIpc) is 2.60. The molecule has 1 unspecified atom stereocenters. The van der Waals surface area contributed by atoms with Gasteiger partial charge in [0.15, 0.2) is 0 Å². The molecule has 26 heavy (non-hydrogen) atoms. The predicted molar refractivity (Wildman–Crippen MR) is 94.6 cm³/mol. The van der Waals surface area contributed by atoms with Crippen molar-refractivity contribution in [1.29, 1.82) is 0 Å². The lowest BCUT2D eigenvalue weighted by Crippen LogP contribution is -2.32. The van der Waals surface area contributed by atoms with Gasteiger partial charge in [0, 0.05) is 11.7 Å². The van der Waals surface area contributed by atoms with Gasteiger partial charge < -0.3 is 10.5 Å². The maximum atomic E-state index is 13.5. The zero-order chi connectivity index (χ0) is 18.9. The molecule has 1 aliphatic carbocycles. The number of halogens is 1. The highest BCUT2D eigenvalue weighted by Gasteiger charge is 2.29. The Bertz CT molecular complexity index is 960. The molecule has 0 amide bonds. The molecular weight excluding hydrogens is 359 g/mol. The van der Waals surface area contributed by atoms with Gasteiger partial charge in [-0.15, -0.1) is 0 Å². The molecule has 0 bridgehead atoms. The first-order chi connectivity index (χ1) is 12.3. The van der Waals surface area contributed by atoms with Crippen LogP contribution in [0.5, 0.6) is 0 Å². The summed E-state index contributed by atoms with van der Waals surface area (Å²) in [4.78, 5) is 11.6. The van der Waals surface area contributed by atoms with E-state index in [0.29, 0.717) is 12.1 Å². The van der Waals surface area contributed by atoms with Crippen molar-refractivity contribution in [3.8, 4) is 0 Å². The van der Waals surface area contributed by atoms with E-state index in [2.05, 4.69) is 9.46 Å². The molecule has 1 aliphatic rings. The fourth-order valence-corrected chi connectivity index (χ4v) is 4.64. The number of nitrogens with two attached hydrogens (primary N) is 1. The molecule has 0 spiro atoms. The lowest BCUT2D eigenvalue weighted by Gasteiger charge is -2.26. The Hall–Kier alpha value is -2.45. The molecule has 0 aliphatic heterocycles. The van der Waals surface area contributed by atoms with E-state index in [0.717, 1.165) is 49.3 Å². The minimum Gasteiger partial charge on any atom is -0.465 e. The van der Waals surface area contributed by atoms with Crippen LogP contribution in [0.4, 0.5) is 10.1 Å². The molecule has 2 aromatic carbocycles. The summed E-state index contributed by atoms with van der Waals surface area (Å²) in [5.74, 6) is -1.63. The van der Waals surface area contributed by atoms with E-state index < -0.39 is 27.9 Å². The number of hydrogen-bond donors (Lipinski definition) is 2. The summed E-state index contributed by atoms with van der Waals surface area (Å²) in [6.07, 6.45) is 2.24. The number of fused-ring (bicyclic) bond motifs is 1. The summed E-state index contributed by atoms with van der Waals surface area (Å²) in [6, 6.07) is 7.85. The van der Waals surface area contributed by atoms with Crippen molar-refractivity contribution in [2.45, 2.75) is 30.2 Å². The average molecular weight is 378 g/mol. The van der Waals surface area contributed by atoms with Gasteiger partial charge in [-0.2, -0.15) is 0 Å². The number of carbonyl (C=O) groups is 1. The Morgan fingerprint density at radius 2 is 2.04 bits per heavy atom. The smallest absolute Gasteiger partial charge is 0.339 e. The fourth-order valence-electron chi connectivity index (χ4n) is 3.21. The summed E-state index contributed by atoms with van der Waals surface area (Å²) < 4.78 is 46.4. The Kier molecular flexibility index (Phi) is 4.97. The fraction of sp³-hybridized carbons (Fsp3) is 0.278. The summed E-state index contributed by atoms with van der Waals surface area (Å²) in [6.45, 7) is 0. The molecule has 0 saturated carbocycles. The quantitative estimate of drug-likeness (QED) is 0.629. The van der Waals surface area contributed by atoms with Crippen molar-refractivity contribution in [2.24, 2.45) is 0 Å². The summed E-state index contributed by atoms with van der Waals surface area (Å²) >= 11 is 0. The van der Waals surface area contributed by atoms with E-state index in [1.165, 1.54) is 0 Å². The van der Waals surface area contributed by atoms with Gasteiger partial charge in [-0.3, -0.25) is 0 Å². The second-order valence-electron chi connectivity index (χ2n) is 6.16. The Labute approximate surface area is 151 Å². The van der Waals surface area contributed by atoms with Gasteiger partial charge in [-0.05, 0) is 60.7 Å². The number of sulfonamides is 1. The highest BCUT2D eigenvalue weighted by atomic mass is 32.2. The number of anilines is 1. The van der Waals surface area contributed by atoms with Crippen molar-refractivity contribution < 1.29 is 22.3 Å². The highest BCUT2D eigenvalue weighted by Crippen LogP contribution is 2.32. The molecule has 0 saturated heterocycles. The van der Waals surface area contributed by atoms with Crippen LogP contribution in [0.15, 0.2) is 41.3 Å². The van der Waals surface area contributed by atoms with Crippen molar-refractivity contribution >= 4 is 21.7 Å². The lowest BCUT2D eigenvalue weighted by atomic mass is 9.88. The first-order valence-corrected chi connectivity index (χ1v) is 9.58. The minimum atomic E-state index is -4.06. The van der Waals surface area contributed by atoms with Gasteiger partial charge >= 0.3 is 5.97 Å². The van der Waals surface area contributed by atoms with Crippen LogP contribution < -0.4 is 10.5 Å². The molecule has 138 valence electrons.